The molecule has 0 atom stereocenters. The Labute approximate surface area is 44.1 Å². The maximum Gasteiger partial charge on any atom is 0.354 e. The molecule has 43 valence electrons. The van der Waals surface area contributed by atoms with Crippen molar-refractivity contribution in [2.75, 3.05) is 0 Å². The number of rotatable bonds is 0. The summed E-state index contributed by atoms with van der Waals surface area (Å²) in [5, 5.41) is 1.94. The predicted molar refractivity (Wildman–Crippen MR) is 24.5 cm³/mol. The Hall–Kier alpha value is -1.00. The zero-order valence-electron chi connectivity index (χ0n) is 3.73. The van der Waals surface area contributed by atoms with Crippen LogP contribution in [0.3, 0.4) is 0 Å². The van der Waals surface area contributed by atoms with Crippen LogP contribution in [0.5, 0.6) is 0 Å². The number of nitrogens with zero attached hydrogens (tertiary/aromatic N) is 2. The first kappa shape index (κ1) is 5.14. The molecule has 1 radical (unpaired) electrons. The number of halogens is 2. The van der Waals surface area contributed by atoms with Crippen molar-refractivity contribution in [3.8, 4) is 0 Å². The molecule has 0 amide bonds. The van der Waals surface area contributed by atoms with Gasteiger partial charge in [0.2, 0.25) is 0 Å². The van der Waals surface area contributed by atoms with Gasteiger partial charge in [0.1, 0.15) is 0 Å². The molecule has 8 heavy (non-hydrogen) atoms. The molecule has 0 fully saturated rings. The molecular formula is C3H2F2N3. The largest absolute Gasteiger partial charge is 0.354 e. The Morgan fingerprint density at radius 1 is 1.50 bits per heavy atom. The first-order valence-electron chi connectivity index (χ1n) is 1.85. The fourth-order valence-corrected chi connectivity index (χ4v) is 0.281. The van der Waals surface area contributed by atoms with E-state index >= 15 is 0 Å². The van der Waals surface area contributed by atoms with Crippen LogP contribution < -0.4 is 5.32 Å². The molecule has 0 aromatic heterocycles. The smallest absolute Gasteiger partial charge is 0.319 e. The topological polar surface area (TPSA) is 36.8 Å². The van der Waals surface area contributed by atoms with Crippen LogP contribution in [-0.2, 0) is 0 Å². The summed E-state index contributed by atoms with van der Waals surface area (Å²) in [6, 6.07) is 0. The number of hydrogen-bond donors (Lipinski definition) is 1. The Balaban J connectivity index is 2.63. The van der Waals surface area contributed by atoms with Gasteiger partial charge in [-0.05, 0) is 0 Å². The fourth-order valence-electron chi connectivity index (χ4n) is 0.281. The van der Waals surface area contributed by atoms with E-state index in [1.165, 1.54) is 0 Å². The third-order valence-electron chi connectivity index (χ3n) is 0.545. The van der Waals surface area contributed by atoms with Crippen LogP contribution in [-0.4, -0.2) is 12.4 Å². The van der Waals surface area contributed by atoms with Crippen molar-refractivity contribution in [1.29, 1.82) is 0 Å². The highest BCUT2D eigenvalue weighted by Gasteiger charge is 2.08. The van der Waals surface area contributed by atoms with Gasteiger partial charge >= 0.3 is 12.5 Å². The molecular weight excluding hydrogens is 116 g/mol. The predicted octanol–water partition coefficient (Wildman–Crippen LogP) is 0.360. The van der Waals surface area contributed by atoms with Gasteiger partial charge in [0, 0.05) is 0 Å². The fraction of sp³-hybridized carbons (Fsp3) is 0. The van der Waals surface area contributed by atoms with Crippen LogP contribution >= 0.6 is 0 Å². The van der Waals surface area contributed by atoms with Crippen molar-refractivity contribution in [2.45, 2.75) is 0 Å². The molecule has 0 aromatic carbocycles. The van der Waals surface area contributed by atoms with E-state index in [4.69, 9.17) is 0 Å². The lowest BCUT2D eigenvalue weighted by Gasteiger charge is -2.01. The Morgan fingerprint density at radius 2 is 2.25 bits per heavy atom. The summed E-state index contributed by atoms with van der Waals surface area (Å²) >= 11 is 0. The van der Waals surface area contributed by atoms with Crippen LogP contribution in [0.15, 0.2) is 9.98 Å². The van der Waals surface area contributed by atoms with Gasteiger partial charge in [-0.2, -0.15) is 18.8 Å². The standard InChI is InChI=1S/C3H2F2N3/c4-2-6-1-7-3(5)8-2/h1H,(H,6,7,8). The summed E-state index contributed by atoms with van der Waals surface area (Å²) in [6.45, 7) is 0. The number of amidine groups is 1. The number of nitrogens with one attached hydrogen (secondary N) is 1. The summed E-state index contributed by atoms with van der Waals surface area (Å²) in [5.41, 5.74) is 0. The van der Waals surface area contributed by atoms with E-state index < -0.39 is 12.5 Å². The van der Waals surface area contributed by atoms with Crippen molar-refractivity contribution in [2.24, 2.45) is 9.98 Å². The highest BCUT2D eigenvalue weighted by Crippen LogP contribution is 2.01. The monoisotopic (exact) mass is 118 g/mol. The van der Waals surface area contributed by atoms with Gasteiger partial charge in [0.25, 0.3) is 0 Å². The summed E-state index contributed by atoms with van der Waals surface area (Å²) in [5.74, 6) is 0. The molecule has 1 N–H and O–H groups in total. The Morgan fingerprint density at radius 3 is 2.62 bits per heavy atom. The van der Waals surface area contributed by atoms with E-state index in [-0.39, 0.29) is 0 Å². The van der Waals surface area contributed by atoms with Crippen molar-refractivity contribution in [1.82, 2.24) is 5.32 Å². The lowest BCUT2D eigenvalue weighted by molar-refractivity contribution is 0.456. The average Bonchev–Trinajstić information content (AvgIpc) is 1.64. The van der Waals surface area contributed by atoms with Crippen LogP contribution in [0.4, 0.5) is 8.78 Å². The van der Waals surface area contributed by atoms with E-state index in [1.807, 2.05) is 5.32 Å². The molecule has 1 heterocycles. The molecule has 3 nitrogen and oxygen atoms in total. The lowest BCUT2D eigenvalue weighted by Crippen LogP contribution is -2.18. The van der Waals surface area contributed by atoms with Crippen LogP contribution in [0.1, 0.15) is 0 Å². The molecule has 0 unspecified atom stereocenters. The number of aliphatic imine (C=N–C) groups is 2. The van der Waals surface area contributed by atoms with Crippen molar-refractivity contribution in [3.63, 3.8) is 0 Å². The zero-order chi connectivity index (χ0) is 5.98. The summed E-state index contributed by atoms with van der Waals surface area (Å²) in [6.07, 6.45) is -1.16. The van der Waals surface area contributed by atoms with Gasteiger partial charge < -0.3 is 5.32 Å². The molecule has 0 spiro atoms. The first-order chi connectivity index (χ1) is 3.79. The minimum atomic E-state index is -1.07. The van der Waals surface area contributed by atoms with Crippen molar-refractivity contribution >= 4 is 12.4 Å². The zero-order valence-corrected chi connectivity index (χ0v) is 3.73. The van der Waals surface area contributed by atoms with Gasteiger partial charge in [0.15, 0.2) is 0 Å². The molecule has 5 heteroatoms. The summed E-state index contributed by atoms with van der Waals surface area (Å²) in [4.78, 5) is 5.64. The van der Waals surface area contributed by atoms with E-state index in [9.17, 15) is 8.78 Å². The third-order valence-corrected chi connectivity index (χ3v) is 0.545. The second kappa shape index (κ2) is 1.85. The van der Waals surface area contributed by atoms with Gasteiger partial charge in [-0.3, -0.25) is 0 Å². The highest BCUT2D eigenvalue weighted by molar-refractivity contribution is 5.84. The normalized spacial score (nSPS) is 20.0. The summed E-state index contributed by atoms with van der Waals surface area (Å²) in [7, 11) is 0. The minimum absolute atomic E-state index is 0.887. The SMILES string of the molecule is F[C]1N=C(F)N=CN1. The molecule has 0 saturated carbocycles. The van der Waals surface area contributed by atoms with Crippen LogP contribution in [0.25, 0.3) is 0 Å². The quantitative estimate of drug-likeness (QED) is 0.458. The van der Waals surface area contributed by atoms with E-state index in [1.54, 1.807) is 0 Å². The van der Waals surface area contributed by atoms with Crippen molar-refractivity contribution < 1.29 is 8.78 Å². The molecule has 1 rings (SSSR count). The maximum atomic E-state index is 11.7. The molecule has 1 aliphatic rings. The number of hydrogen-bond acceptors (Lipinski definition) is 3. The van der Waals surface area contributed by atoms with Gasteiger partial charge in [-0.25, -0.2) is 0 Å². The van der Waals surface area contributed by atoms with Gasteiger partial charge in [-0.1, -0.05) is 0 Å². The highest BCUT2D eigenvalue weighted by atomic mass is 19.2. The van der Waals surface area contributed by atoms with Crippen LogP contribution in [0.2, 0.25) is 0 Å². The van der Waals surface area contributed by atoms with E-state index in [0.29, 0.717) is 0 Å². The van der Waals surface area contributed by atoms with E-state index in [2.05, 4.69) is 9.98 Å². The van der Waals surface area contributed by atoms with Gasteiger partial charge in [-0.15, -0.1) is 0 Å². The molecule has 0 bridgehead atoms. The first-order valence-corrected chi connectivity index (χ1v) is 1.85. The summed E-state index contributed by atoms with van der Waals surface area (Å²) < 4.78 is 23.4. The Bertz CT molecular complexity index is 141. The van der Waals surface area contributed by atoms with Gasteiger partial charge in [0.05, 0.1) is 6.34 Å². The Kier molecular flexibility index (Phi) is 1.19. The average molecular weight is 118 g/mol. The molecule has 0 saturated heterocycles. The minimum Gasteiger partial charge on any atom is -0.319 e. The lowest BCUT2D eigenvalue weighted by atomic mass is 10.9. The molecule has 0 aliphatic carbocycles. The third kappa shape index (κ3) is 0.988. The van der Waals surface area contributed by atoms with Crippen LogP contribution in [0, 0.1) is 6.42 Å². The molecule has 0 aromatic rings. The van der Waals surface area contributed by atoms with Crippen molar-refractivity contribution in [3.05, 3.63) is 6.42 Å². The maximum absolute atomic E-state index is 11.7. The molecule has 1 aliphatic heterocycles. The second-order valence-electron chi connectivity index (χ2n) is 1.07. The second-order valence-corrected chi connectivity index (χ2v) is 1.07. The van der Waals surface area contributed by atoms with E-state index in [0.717, 1.165) is 6.34 Å².